The first-order valence-electron chi connectivity index (χ1n) is 9.23. The van der Waals surface area contributed by atoms with E-state index in [0.29, 0.717) is 6.42 Å². The number of rotatable bonds is 9. The van der Waals surface area contributed by atoms with Crippen LogP contribution in [0.25, 0.3) is 0 Å². The number of nitrogens with zero attached hydrogens (tertiary/aromatic N) is 1. The maximum Gasteiger partial charge on any atom is 0.324 e. The van der Waals surface area contributed by atoms with Crippen LogP contribution >= 0.6 is 15.9 Å². The molecule has 0 aliphatic carbocycles. The highest BCUT2D eigenvalue weighted by molar-refractivity contribution is 9.10. The summed E-state index contributed by atoms with van der Waals surface area (Å²) in [6.07, 6.45) is 0.376. The van der Waals surface area contributed by atoms with Crippen LogP contribution in [0.1, 0.15) is 32.8 Å². The summed E-state index contributed by atoms with van der Waals surface area (Å²) < 4.78 is 34.2. The fraction of sp³-hybridized carbons (Fsp3) is 0.381. The van der Waals surface area contributed by atoms with Crippen LogP contribution in [0.3, 0.4) is 0 Å². The molecule has 0 amide bonds. The minimum atomic E-state index is -3.91. The lowest BCUT2D eigenvalue weighted by Gasteiger charge is -2.30. The van der Waals surface area contributed by atoms with Gasteiger partial charge in [-0.15, -0.1) is 0 Å². The summed E-state index contributed by atoms with van der Waals surface area (Å²) in [5.74, 6) is -0.402. The average Bonchev–Trinajstić information content (AvgIpc) is 2.65. The van der Waals surface area contributed by atoms with Crippen LogP contribution in [-0.4, -0.2) is 31.3 Å². The molecule has 0 saturated heterocycles. The Morgan fingerprint density at radius 3 is 2.21 bits per heavy atom. The maximum absolute atomic E-state index is 13.5. The van der Waals surface area contributed by atoms with E-state index in [2.05, 4.69) is 15.9 Å². The normalized spacial score (nSPS) is 12.9. The minimum absolute atomic E-state index is 0.0927. The molecule has 0 unspecified atom stereocenters. The van der Waals surface area contributed by atoms with Gasteiger partial charge in [-0.05, 0) is 49.1 Å². The number of esters is 1. The van der Waals surface area contributed by atoms with Gasteiger partial charge < -0.3 is 4.74 Å². The lowest BCUT2D eigenvalue weighted by molar-refractivity contribution is -0.148. The van der Waals surface area contributed by atoms with Crippen molar-refractivity contribution in [2.75, 3.05) is 6.61 Å². The predicted octanol–water partition coefficient (Wildman–Crippen LogP) is 4.62. The summed E-state index contributed by atoms with van der Waals surface area (Å²) in [5, 5.41) is 0. The van der Waals surface area contributed by atoms with Crippen LogP contribution < -0.4 is 0 Å². The van der Waals surface area contributed by atoms with Crippen LogP contribution in [-0.2, 0) is 26.1 Å². The highest BCUT2D eigenvalue weighted by Crippen LogP contribution is 2.26. The monoisotopic (exact) mass is 467 g/mol. The van der Waals surface area contributed by atoms with Crippen LogP contribution in [0.15, 0.2) is 64.0 Å². The molecule has 0 aliphatic rings. The van der Waals surface area contributed by atoms with Crippen molar-refractivity contribution >= 4 is 31.9 Å². The number of halogens is 1. The average molecular weight is 468 g/mol. The second-order valence-corrected chi connectivity index (χ2v) is 9.69. The van der Waals surface area contributed by atoms with Gasteiger partial charge in [0.15, 0.2) is 0 Å². The Kier molecular flexibility index (Phi) is 8.22. The van der Waals surface area contributed by atoms with E-state index in [4.69, 9.17) is 4.74 Å². The first-order chi connectivity index (χ1) is 13.3. The van der Waals surface area contributed by atoms with E-state index in [0.717, 1.165) is 10.0 Å². The van der Waals surface area contributed by atoms with Crippen LogP contribution in [0, 0.1) is 5.92 Å². The van der Waals surface area contributed by atoms with Crippen molar-refractivity contribution < 1.29 is 17.9 Å². The van der Waals surface area contributed by atoms with Crippen LogP contribution in [0.4, 0.5) is 0 Å². The van der Waals surface area contributed by atoms with Crippen molar-refractivity contribution in [2.45, 2.75) is 44.7 Å². The Morgan fingerprint density at radius 1 is 1.07 bits per heavy atom. The van der Waals surface area contributed by atoms with Crippen molar-refractivity contribution in [1.82, 2.24) is 4.31 Å². The number of sulfonamides is 1. The Hall–Kier alpha value is -1.70. The molecule has 5 nitrogen and oxygen atoms in total. The van der Waals surface area contributed by atoms with Crippen molar-refractivity contribution in [3.8, 4) is 0 Å². The number of carbonyl (C=O) groups is 1. The Morgan fingerprint density at radius 2 is 1.68 bits per heavy atom. The van der Waals surface area contributed by atoms with E-state index in [1.807, 2.05) is 44.2 Å². The van der Waals surface area contributed by atoms with Gasteiger partial charge in [-0.2, -0.15) is 4.31 Å². The molecule has 2 rings (SSSR count). The summed E-state index contributed by atoms with van der Waals surface area (Å²) in [5.41, 5.74) is 0.807. The van der Waals surface area contributed by atoms with Gasteiger partial charge in [0.05, 0.1) is 11.5 Å². The fourth-order valence-corrected chi connectivity index (χ4v) is 4.73. The second kappa shape index (κ2) is 10.2. The highest BCUT2D eigenvalue weighted by Gasteiger charge is 2.37. The smallest absolute Gasteiger partial charge is 0.324 e. The van der Waals surface area contributed by atoms with E-state index in [9.17, 15) is 13.2 Å². The number of benzene rings is 2. The van der Waals surface area contributed by atoms with Gasteiger partial charge >= 0.3 is 5.97 Å². The molecule has 0 bridgehead atoms. The van der Waals surface area contributed by atoms with E-state index in [-0.39, 0.29) is 24.0 Å². The molecule has 0 aliphatic heterocycles. The largest absolute Gasteiger partial charge is 0.465 e. The van der Waals surface area contributed by atoms with Gasteiger partial charge in [0.25, 0.3) is 0 Å². The molecule has 0 spiro atoms. The molecule has 28 heavy (non-hydrogen) atoms. The molecule has 0 saturated carbocycles. The topological polar surface area (TPSA) is 63.7 Å². The zero-order valence-corrected chi connectivity index (χ0v) is 18.7. The molecule has 2 aromatic rings. The number of hydrogen-bond donors (Lipinski definition) is 0. The molecule has 152 valence electrons. The zero-order chi connectivity index (χ0) is 20.7. The first kappa shape index (κ1) is 22.6. The Bertz CT molecular complexity index is 867. The Balaban J connectivity index is 2.52. The van der Waals surface area contributed by atoms with Crippen molar-refractivity contribution in [2.24, 2.45) is 5.92 Å². The van der Waals surface area contributed by atoms with Gasteiger partial charge in [-0.25, -0.2) is 8.42 Å². The summed E-state index contributed by atoms with van der Waals surface area (Å²) in [6.45, 7) is 5.92. The van der Waals surface area contributed by atoms with Gasteiger partial charge in [-0.3, -0.25) is 4.79 Å². The minimum Gasteiger partial charge on any atom is -0.465 e. The highest BCUT2D eigenvalue weighted by atomic mass is 79.9. The zero-order valence-electron chi connectivity index (χ0n) is 16.3. The third-order valence-electron chi connectivity index (χ3n) is 4.20. The number of ether oxygens (including phenoxy) is 1. The maximum atomic E-state index is 13.5. The number of hydrogen-bond acceptors (Lipinski definition) is 4. The van der Waals surface area contributed by atoms with Gasteiger partial charge in [0.1, 0.15) is 6.04 Å². The second-order valence-electron chi connectivity index (χ2n) is 6.89. The van der Waals surface area contributed by atoms with Gasteiger partial charge in [0.2, 0.25) is 10.0 Å². The summed E-state index contributed by atoms with van der Waals surface area (Å²) in [6, 6.07) is 14.8. The summed E-state index contributed by atoms with van der Waals surface area (Å²) in [4.78, 5) is 12.8. The van der Waals surface area contributed by atoms with Crippen molar-refractivity contribution in [3.05, 3.63) is 64.6 Å². The van der Waals surface area contributed by atoms with Crippen molar-refractivity contribution in [1.29, 1.82) is 0 Å². The fourth-order valence-electron chi connectivity index (χ4n) is 2.88. The molecule has 0 fully saturated rings. The SMILES string of the molecule is CCOC(=O)[C@H](CC(C)C)N(Cc1ccccc1)S(=O)(=O)c1ccc(Br)cc1. The third kappa shape index (κ3) is 5.90. The van der Waals surface area contributed by atoms with Gasteiger partial charge in [-0.1, -0.05) is 60.1 Å². The van der Waals surface area contributed by atoms with E-state index in [1.54, 1.807) is 19.1 Å². The lowest BCUT2D eigenvalue weighted by Crippen LogP contribution is -2.46. The van der Waals surface area contributed by atoms with E-state index in [1.165, 1.54) is 16.4 Å². The quantitative estimate of drug-likeness (QED) is 0.504. The standard InChI is InChI=1S/C21H26BrNO4S/c1-4-27-21(24)20(14-16(2)3)23(15-17-8-6-5-7-9-17)28(25,26)19-12-10-18(22)11-13-19/h5-13,16,20H,4,14-15H2,1-3H3/t20-/m0/s1. The van der Waals surface area contributed by atoms with Crippen LogP contribution in [0.5, 0.6) is 0 Å². The predicted molar refractivity (Wildman–Crippen MR) is 113 cm³/mol. The van der Waals surface area contributed by atoms with Crippen molar-refractivity contribution in [3.63, 3.8) is 0 Å². The van der Waals surface area contributed by atoms with Crippen LogP contribution in [0.2, 0.25) is 0 Å². The summed E-state index contributed by atoms with van der Waals surface area (Å²) >= 11 is 3.33. The molecule has 1 atom stereocenters. The Labute approximate surface area is 175 Å². The molecule has 7 heteroatoms. The molecule has 0 heterocycles. The molecule has 0 radical (unpaired) electrons. The molecular formula is C21H26BrNO4S. The first-order valence-corrected chi connectivity index (χ1v) is 11.5. The molecule has 2 aromatic carbocycles. The summed E-state index contributed by atoms with van der Waals surface area (Å²) in [7, 11) is -3.91. The van der Waals surface area contributed by atoms with Gasteiger partial charge in [0, 0.05) is 11.0 Å². The molecule has 0 aromatic heterocycles. The third-order valence-corrected chi connectivity index (χ3v) is 6.60. The van der Waals surface area contributed by atoms with E-state index >= 15 is 0 Å². The number of carbonyl (C=O) groups excluding carboxylic acids is 1. The molecule has 0 N–H and O–H groups in total. The van der Waals surface area contributed by atoms with E-state index < -0.39 is 22.0 Å². The lowest BCUT2D eigenvalue weighted by atomic mass is 10.0. The molecular weight excluding hydrogens is 442 g/mol.